The Morgan fingerprint density at radius 3 is 2.38 bits per heavy atom. The number of hydrogen-bond acceptors (Lipinski definition) is 7. The van der Waals surface area contributed by atoms with E-state index in [1.54, 1.807) is 42.5 Å². The number of nitrogen functional groups attached to an aromatic ring is 1. The van der Waals surface area contributed by atoms with E-state index < -0.39 is 18.6 Å². The van der Waals surface area contributed by atoms with Gasteiger partial charge in [-0.15, -0.1) is 0 Å². The maximum atomic E-state index is 13.0. The lowest BCUT2D eigenvalue weighted by molar-refractivity contribution is -0.144. The summed E-state index contributed by atoms with van der Waals surface area (Å²) in [5.41, 5.74) is 9.71. The number of alkyl halides is 3. The zero-order chi connectivity index (χ0) is 30.2. The van der Waals surface area contributed by atoms with Crippen molar-refractivity contribution in [2.75, 3.05) is 11.1 Å². The molecule has 3 aromatic carbocycles. The zero-order valence-electron chi connectivity index (χ0n) is 23.0. The molecule has 0 aliphatic carbocycles. The van der Waals surface area contributed by atoms with Gasteiger partial charge in [-0.2, -0.15) is 23.1 Å². The number of anilines is 2. The number of rotatable bonds is 6. The minimum absolute atomic E-state index is 0.0544. The van der Waals surface area contributed by atoms with Gasteiger partial charge in [0.15, 0.2) is 5.82 Å². The van der Waals surface area contributed by atoms with E-state index in [0.717, 1.165) is 5.56 Å². The highest BCUT2D eigenvalue weighted by atomic mass is 19.4. The van der Waals surface area contributed by atoms with Gasteiger partial charge in [-0.25, -0.2) is 9.97 Å². The first-order valence-electron chi connectivity index (χ1n) is 13.0. The maximum absolute atomic E-state index is 13.0. The van der Waals surface area contributed by atoms with Gasteiger partial charge in [0, 0.05) is 28.8 Å². The van der Waals surface area contributed by atoms with Crippen LogP contribution in [0.1, 0.15) is 59.5 Å². The lowest BCUT2D eigenvalue weighted by atomic mass is 9.86. The molecule has 0 radical (unpaired) electrons. The first kappa shape index (κ1) is 28.7. The third kappa shape index (κ3) is 6.08. The Labute approximate surface area is 239 Å². The molecule has 0 saturated carbocycles. The molecule has 0 aliphatic rings. The number of carbonyl (C=O) groups is 1. The van der Waals surface area contributed by atoms with E-state index in [1.165, 1.54) is 6.07 Å². The standard InChI is InChI=1S/C30H28F3N7O2/c1-29(2,3)18-10-8-17(9-11-18)26(42)35-21-6-4-5-19(20(21)15-41)25-38-24(39-28(34)40-25)14-16-7-12-22-23(13-16)37-27(36-22)30(31,32)33/h4-13,41H,14-15H2,1-3H3,(H,35,42)(H,36,37)(H2,34,38,39,40). The van der Waals surface area contributed by atoms with Crippen LogP contribution in [0.4, 0.5) is 24.8 Å². The Morgan fingerprint density at radius 2 is 1.71 bits per heavy atom. The van der Waals surface area contributed by atoms with Crippen molar-refractivity contribution in [2.45, 2.75) is 45.4 Å². The number of halogens is 3. The number of nitrogens with two attached hydrogens (primary N) is 1. The van der Waals surface area contributed by atoms with Gasteiger partial charge in [-0.05, 0) is 46.9 Å². The van der Waals surface area contributed by atoms with Crippen LogP contribution >= 0.6 is 0 Å². The van der Waals surface area contributed by atoms with Gasteiger partial charge in [0.05, 0.1) is 17.6 Å². The molecule has 0 aliphatic heterocycles. The molecule has 0 fully saturated rings. The third-order valence-corrected chi connectivity index (χ3v) is 6.71. The number of aliphatic hydroxyl groups is 1. The van der Waals surface area contributed by atoms with E-state index in [4.69, 9.17) is 5.73 Å². The van der Waals surface area contributed by atoms with Crippen molar-refractivity contribution in [3.63, 3.8) is 0 Å². The molecule has 1 amide bonds. The molecule has 0 spiro atoms. The summed E-state index contributed by atoms with van der Waals surface area (Å²) in [6, 6.07) is 17.0. The Kier molecular flexibility index (Phi) is 7.42. The van der Waals surface area contributed by atoms with Crippen LogP contribution in [0, 0.1) is 0 Å². The number of imidazole rings is 1. The van der Waals surface area contributed by atoms with Gasteiger partial charge in [0.2, 0.25) is 11.8 Å². The fraction of sp³-hybridized carbons (Fsp3) is 0.233. The number of hydrogen-bond donors (Lipinski definition) is 4. The first-order chi connectivity index (χ1) is 19.8. The number of benzene rings is 3. The van der Waals surface area contributed by atoms with Gasteiger partial charge >= 0.3 is 6.18 Å². The molecule has 0 bridgehead atoms. The van der Waals surface area contributed by atoms with Crippen LogP contribution in [0.15, 0.2) is 60.7 Å². The molecule has 5 N–H and O–H groups in total. The molecule has 5 aromatic rings. The Hall–Kier alpha value is -4.84. The van der Waals surface area contributed by atoms with Gasteiger partial charge in [0.1, 0.15) is 5.82 Å². The predicted octanol–water partition coefficient (Wildman–Crippen LogP) is 5.65. The van der Waals surface area contributed by atoms with E-state index in [0.29, 0.717) is 27.9 Å². The van der Waals surface area contributed by atoms with Crippen molar-refractivity contribution in [1.82, 2.24) is 24.9 Å². The first-order valence-corrected chi connectivity index (χ1v) is 13.0. The van der Waals surface area contributed by atoms with Gasteiger partial charge < -0.3 is 21.1 Å². The van der Waals surface area contributed by atoms with Crippen LogP contribution in [0.3, 0.4) is 0 Å². The monoisotopic (exact) mass is 575 g/mol. The number of nitrogens with zero attached hydrogens (tertiary/aromatic N) is 4. The molecule has 0 saturated heterocycles. The number of carbonyl (C=O) groups excluding carboxylic acids is 1. The Morgan fingerprint density at radius 1 is 0.976 bits per heavy atom. The molecule has 9 nitrogen and oxygen atoms in total. The van der Waals surface area contributed by atoms with Crippen molar-refractivity contribution < 1.29 is 23.1 Å². The average molecular weight is 576 g/mol. The van der Waals surface area contributed by atoms with Crippen molar-refractivity contribution in [1.29, 1.82) is 0 Å². The number of aromatic amines is 1. The van der Waals surface area contributed by atoms with Crippen molar-refractivity contribution in [3.05, 3.63) is 94.6 Å². The number of aliphatic hydroxyl groups excluding tert-OH is 1. The summed E-state index contributed by atoms with van der Waals surface area (Å²) in [5, 5.41) is 13.1. The highest BCUT2D eigenvalue weighted by Gasteiger charge is 2.34. The van der Waals surface area contributed by atoms with Crippen molar-refractivity contribution in [2.24, 2.45) is 0 Å². The van der Waals surface area contributed by atoms with Crippen LogP contribution in [0.25, 0.3) is 22.4 Å². The summed E-state index contributed by atoms with van der Waals surface area (Å²) in [6.07, 6.45) is -4.45. The molecule has 5 rings (SSSR count). The normalized spacial score (nSPS) is 12.1. The summed E-state index contributed by atoms with van der Waals surface area (Å²) in [5.74, 6) is -1.05. The second kappa shape index (κ2) is 10.9. The molecule has 216 valence electrons. The fourth-order valence-corrected chi connectivity index (χ4v) is 4.52. The molecule has 0 unspecified atom stereocenters. The summed E-state index contributed by atoms with van der Waals surface area (Å²) in [6.45, 7) is 5.84. The van der Waals surface area contributed by atoms with Crippen LogP contribution < -0.4 is 11.1 Å². The predicted molar refractivity (Wildman–Crippen MR) is 153 cm³/mol. The van der Waals surface area contributed by atoms with Crippen LogP contribution in [-0.4, -0.2) is 35.9 Å². The van der Waals surface area contributed by atoms with E-state index in [2.05, 4.69) is 51.0 Å². The minimum Gasteiger partial charge on any atom is -0.392 e. The molecule has 2 aromatic heterocycles. The highest BCUT2D eigenvalue weighted by molar-refractivity contribution is 6.05. The second-order valence-electron chi connectivity index (χ2n) is 10.8. The summed E-state index contributed by atoms with van der Waals surface area (Å²) < 4.78 is 39.1. The Bertz CT molecular complexity index is 1780. The third-order valence-electron chi connectivity index (χ3n) is 6.71. The molecule has 12 heteroatoms. The molecule has 42 heavy (non-hydrogen) atoms. The van der Waals surface area contributed by atoms with Crippen LogP contribution in [-0.2, 0) is 24.6 Å². The molecular formula is C30H28F3N7O2. The van der Waals surface area contributed by atoms with Crippen LogP contribution in [0.2, 0.25) is 0 Å². The minimum atomic E-state index is -4.59. The van der Waals surface area contributed by atoms with E-state index in [1.807, 2.05) is 12.1 Å². The lowest BCUT2D eigenvalue weighted by Crippen LogP contribution is -2.15. The zero-order valence-corrected chi connectivity index (χ0v) is 23.0. The lowest BCUT2D eigenvalue weighted by Gasteiger charge is -2.19. The largest absolute Gasteiger partial charge is 0.449 e. The van der Waals surface area contributed by atoms with Crippen molar-refractivity contribution >= 4 is 28.6 Å². The smallest absolute Gasteiger partial charge is 0.392 e. The number of fused-ring (bicyclic) bond motifs is 1. The van der Waals surface area contributed by atoms with Crippen molar-refractivity contribution in [3.8, 4) is 11.4 Å². The van der Waals surface area contributed by atoms with Gasteiger partial charge in [0.25, 0.3) is 5.91 Å². The van der Waals surface area contributed by atoms with Crippen LogP contribution in [0.5, 0.6) is 0 Å². The summed E-state index contributed by atoms with van der Waals surface area (Å²) in [7, 11) is 0. The van der Waals surface area contributed by atoms with E-state index >= 15 is 0 Å². The van der Waals surface area contributed by atoms with Gasteiger partial charge in [-0.3, -0.25) is 4.79 Å². The second-order valence-corrected chi connectivity index (χ2v) is 10.8. The maximum Gasteiger partial charge on any atom is 0.449 e. The topological polar surface area (TPSA) is 143 Å². The number of amides is 1. The summed E-state index contributed by atoms with van der Waals surface area (Å²) in [4.78, 5) is 31.8. The molecular weight excluding hydrogens is 547 g/mol. The quantitative estimate of drug-likeness (QED) is 0.205. The average Bonchev–Trinajstić information content (AvgIpc) is 3.36. The van der Waals surface area contributed by atoms with E-state index in [9.17, 15) is 23.1 Å². The summed E-state index contributed by atoms with van der Waals surface area (Å²) >= 11 is 0. The van der Waals surface area contributed by atoms with Gasteiger partial charge in [-0.1, -0.05) is 51.1 Å². The highest BCUT2D eigenvalue weighted by Crippen LogP contribution is 2.30. The Balaban J connectivity index is 1.42. The fourth-order valence-electron chi connectivity index (χ4n) is 4.52. The number of H-pyrrole nitrogens is 1. The van der Waals surface area contributed by atoms with E-state index in [-0.39, 0.29) is 46.4 Å². The SMILES string of the molecule is CC(C)(C)c1ccc(C(=O)Nc2cccc(-c3nc(N)nc(Cc4ccc5nc(C(F)(F)F)[nH]c5c4)n3)c2CO)cc1. The molecule has 0 atom stereocenters. The number of aromatic nitrogens is 5. The number of nitrogens with one attached hydrogen (secondary N) is 2. The molecule has 2 heterocycles.